The van der Waals surface area contributed by atoms with Crippen molar-refractivity contribution in [3.05, 3.63) is 47.8 Å². The second-order valence-electron chi connectivity index (χ2n) is 7.32. The number of hydrogen-bond acceptors (Lipinski definition) is 5. The van der Waals surface area contributed by atoms with Gasteiger partial charge in [0.2, 0.25) is 5.78 Å². The Morgan fingerprint density at radius 3 is 2.23 bits per heavy atom. The van der Waals surface area contributed by atoms with Crippen LogP contribution in [0.1, 0.15) is 74.7 Å². The predicted octanol–water partition coefficient (Wildman–Crippen LogP) is 5.18. The Morgan fingerprint density at radius 2 is 1.63 bits per heavy atom. The van der Waals surface area contributed by atoms with Gasteiger partial charge in [-0.3, -0.25) is 4.79 Å². The van der Waals surface area contributed by atoms with E-state index in [9.17, 15) is 9.59 Å². The number of carbonyl (C=O) groups is 2. The molecule has 0 aliphatic carbocycles. The van der Waals surface area contributed by atoms with Crippen molar-refractivity contribution in [2.24, 2.45) is 0 Å². The zero-order valence-electron chi connectivity index (χ0n) is 17.9. The third-order valence-electron chi connectivity index (χ3n) is 4.96. The molecule has 0 bridgehead atoms. The summed E-state index contributed by atoms with van der Waals surface area (Å²) in [5.74, 6) is 1.50. The van der Waals surface area contributed by atoms with E-state index in [1.54, 1.807) is 31.2 Å². The molecule has 0 radical (unpaired) electrons. The molecule has 0 aliphatic heterocycles. The van der Waals surface area contributed by atoms with Gasteiger partial charge >= 0.3 is 5.97 Å². The molecule has 0 N–H and O–H groups in total. The van der Waals surface area contributed by atoms with Gasteiger partial charge in [0, 0.05) is 18.0 Å². The molecule has 0 fully saturated rings. The molecule has 1 unspecified atom stereocenters. The van der Waals surface area contributed by atoms with Crippen LogP contribution in [0.4, 0.5) is 0 Å². The van der Waals surface area contributed by atoms with Crippen LogP contribution in [0.5, 0.6) is 0 Å². The number of benzene rings is 1. The molecule has 0 spiro atoms. The number of ether oxygens (including phenoxy) is 1. The van der Waals surface area contributed by atoms with E-state index in [4.69, 9.17) is 11.2 Å². The van der Waals surface area contributed by atoms with Gasteiger partial charge in [-0.05, 0) is 42.9 Å². The quantitative estimate of drug-likeness (QED) is 0.210. The first kappa shape index (κ1) is 23.3. The standard InChI is InChI=1S/C25H30N2O3/c1-4-7-8-9-10-11-12-19-17-26-24(27-18-19)20-13-15-21(16-14-20)25(29)30-23(6-3)22(28)5-2/h2,13-18,23H,4,6-12H2,1,3H3. The van der Waals surface area contributed by atoms with Crippen LogP contribution in [0.25, 0.3) is 11.4 Å². The second-order valence-corrected chi connectivity index (χ2v) is 7.32. The Kier molecular flexibility index (Phi) is 9.73. The molecule has 1 aromatic heterocycles. The molecular weight excluding hydrogens is 376 g/mol. The zero-order valence-corrected chi connectivity index (χ0v) is 17.9. The summed E-state index contributed by atoms with van der Waals surface area (Å²) in [4.78, 5) is 32.7. The van der Waals surface area contributed by atoms with E-state index in [-0.39, 0.29) is 0 Å². The number of nitrogens with zero attached hydrogens (tertiary/aromatic N) is 2. The molecule has 158 valence electrons. The van der Waals surface area contributed by atoms with Crippen LogP contribution in [0.2, 0.25) is 0 Å². The molecule has 1 atom stereocenters. The monoisotopic (exact) mass is 406 g/mol. The Balaban J connectivity index is 1.90. The number of aromatic nitrogens is 2. The number of esters is 1. The van der Waals surface area contributed by atoms with Crippen molar-refractivity contribution in [3.8, 4) is 23.7 Å². The Hall–Kier alpha value is -3.00. The van der Waals surface area contributed by atoms with Crippen LogP contribution in [-0.4, -0.2) is 27.8 Å². The van der Waals surface area contributed by atoms with Gasteiger partial charge < -0.3 is 4.74 Å². The minimum atomic E-state index is -0.912. The Labute approximate surface area is 179 Å². The van der Waals surface area contributed by atoms with Gasteiger partial charge in [-0.25, -0.2) is 14.8 Å². The summed E-state index contributed by atoms with van der Waals surface area (Å²) in [7, 11) is 0. The van der Waals surface area contributed by atoms with Crippen LogP contribution < -0.4 is 0 Å². The van der Waals surface area contributed by atoms with E-state index in [1.807, 2.05) is 18.3 Å². The molecule has 1 heterocycles. The third kappa shape index (κ3) is 7.11. The van der Waals surface area contributed by atoms with Crippen LogP contribution in [-0.2, 0) is 16.0 Å². The van der Waals surface area contributed by atoms with Gasteiger partial charge in [-0.2, -0.15) is 0 Å². The highest BCUT2D eigenvalue weighted by atomic mass is 16.5. The summed E-state index contributed by atoms with van der Waals surface area (Å²) in [6.45, 7) is 3.97. The molecule has 5 heteroatoms. The summed E-state index contributed by atoms with van der Waals surface area (Å²) in [5.41, 5.74) is 2.30. The lowest BCUT2D eigenvalue weighted by molar-refractivity contribution is -0.122. The molecule has 0 saturated heterocycles. The fourth-order valence-corrected chi connectivity index (χ4v) is 3.11. The lowest BCUT2D eigenvalue weighted by atomic mass is 10.1. The third-order valence-corrected chi connectivity index (χ3v) is 4.96. The molecule has 2 aromatic rings. The second kappa shape index (κ2) is 12.5. The fourth-order valence-electron chi connectivity index (χ4n) is 3.11. The van der Waals surface area contributed by atoms with Gasteiger partial charge in [-0.1, -0.05) is 58.1 Å². The van der Waals surface area contributed by atoms with Crippen molar-refractivity contribution >= 4 is 11.8 Å². The van der Waals surface area contributed by atoms with Crippen LogP contribution in [0.15, 0.2) is 36.7 Å². The topological polar surface area (TPSA) is 69.2 Å². The van der Waals surface area contributed by atoms with E-state index in [1.165, 1.54) is 32.1 Å². The van der Waals surface area contributed by atoms with E-state index in [2.05, 4.69) is 16.9 Å². The summed E-state index contributed by atoms with van der Waals surface area (Å²) >= 11 is 0. The van der Waals surface area contributed by atoms with E-state index in [0.717, 1.165) is 24.0 Å². The molecule has 0 amide bonds. The summed E-state index contributed by atoms with van der Waals surface area (Å²) in [6.07, 6.45) is 16.8. The molecule has 0 aliphatic rings. The molecular formula is C25H30N2O3. The number of rotatable bonds is 12. The highest BCUT2D eigenvalue weighted by Gasteiger charge is 2.20. The SMILES string of the molecule is C#CC(=O)C(CC)OC(=O)c1ccc(-c2ncc(CCCCCCCC)cn2)cc1. The van der Waals surface area contributed by atoms with Crippen molar-refractivity contribution in [1.82, 2.24) is 9.97 Å². The van der Waals surface area contributed by atoms with Gasteiger partial charge in [0.05, 0.1) is 5.56 Å². The summed E-state index contributed by atoms with van der Waals surface area (Å²) in [6, 6.07) is 6.81. The largest absolute Gasteiger partial charge is 0.450 e. The predicted molar refractivity (Wildman–Crippen MR) is 118 cm³/mol. The maximum Gasteiger partial charge on any atom is 0.338 e. The highest BCUT2D eigenvalue weighted by Crippen LogP contribution is 2.17. The molecule has 1 aromatic carbocycles. The first-order chi connectivity index (χ1) is 14.6. The minimum absolute atomic E-state index is 0.339. The Bertz CT molecular complexity index is 851. The van der Waals surface area contributed by atoms with Crippen molar-refractivity contribution in [1.29, 1.82) is 0 Å². The fraction of sp³-hybridized carbons (Fsp3) is 0.440. The number of Topliss-reactive ketones (excluding diaryl/α,β-unsaturated/α-hetero) is 1. The highest BCUT2D eigenvalue weighted by molar-refractivity contribution is 6.00. The lowest BCUT2D eigenvalue weighted by Gasteiger charge is -2.12. The molecule has 5 nitrogen and oxygen atoms in total. The number of carbonyl (C=O) groups excluding carboxylic acids is 2. The van der Waals surface area contributed by atoms with Gasteiger partial charge in [0.15, 0.2) is 11.9 Å². The number of hydrogen-bond donors (Lipinski definition) is 0. The molecule has 2 rings (SSSR count). The number of terminal acetylenes is 1. The van der Waals surface area contributed by atoms with Gasteiger partial charge in [-0.15, -0.1) is 6.42 Å². The van der Waals surface area contributed by atoms with E-state index < -0.39 is 17.9 Å². The van der Waals surface area contributed by atoms with Crippen molar-refractivity contribution in [2.75, 3.05) is 0 Å². The molecule has 0 saturated carbocycles. The first-order valence-corrected chi connectivity index (χ1v) is 10.7. The maximum absolute atomic E-state index is 12.2. The van der Waals surface area contributed by atoms with Crippen molar-refractivity contribution in [2.45, 2.75) is 71.3 Å². The van der Waals surface area contributed by atoms with Gasteiger partial charge in [0.25, 0.3) is 0 Å². The minimum Gasteiger partial charge on any atom is -0.450 e. The summed E-state index contributed by atoms with van der Waals surface area (Å²) < 4.78 is 5.21. The Morgan fingerprint density at radius 1 is 1.00 bits per heavy atom. The van der Waals surface area contributed by atoms with Crippen LogP contribution in [0.3, 0.4) is 0 Å². The number of aryl methyl sites for hydroxylation is 1. The zero-order chi connectivity index (χ0) is 21.8. The van der Waals surface area contributed by atoms with Crippen molar-refractivity contribution in [3.63, 3.8) is 0 Å². The summed E-state index contributed by atoms with van der Waals surface area (Å²) in [5, 5.41) is 0. The lowest BCUT2D eigenvalue weighted by Crippen LogP contribution is -2.25. The smallest absolute Gasteiger partial charge is 0.338 e. The van der Waals surface area contributed by atoms with Crippen LogP contribution in [0, 0.1) is 12.3 Å². The van der Waals surface area contributed by atoms with E-state index >= 15 is 0 Å². The van der Waals surface area contributed by atoms with Crippen LogP contribution >= 0.6 is 0 Å². The van der Waals surface area contributed by atoms with Crippen molar-refractivity contribution < 1.29 is 14.3 Å². The van der Waals surface area contributed by atoms with Gasteiger partial charge in [0.1, 0.15) is 0 Å². The number of ketones is 1. The maximum atomic E-state index is 12.2. The van der Waals surface area contributed by atoms with E-state index in [0.29, 0.717) is 17.8 Å². The number of unbranched alkanes of at least 4 members (excludes halogenated alkanes) is 5. The average molecular weight is 407 g/mol. The molecule has 30 heavy (non-hydrogen) atoms. The normalized spacial score (nSPS) is 11.5. The first-order valence-electron chi connectivity index (χ1n) is 10.7. The average Bonchev–Trinajstić information content (AvgIpc) is 2.79.